The average molecular weight is 503 g/mol. The summed E-state index contributed by atoms with van der Waals surface area (Å²) in [6.45, 7) is 2.34. The van der Waals surface area contributed by atoms with Crippen molar-refractivity contribution in [3.05, 3.63) is 40.0 Å². The smallest absolute Gasteiger partial charge is 0.262 e. The number of nitriles is 1. The third-order valence-electron chi connectivity index (χ3n) is 5.21. The summed E-state index contributed by atoms with van der Waals surface area (Å²) in [5.41, 5.74) is 1.53. The lowest BCUT2D eigenvalue weighted by molar-refractivity contribution is -0.121. The summed E-state index contributed by atoms with van der Waals surface area (Å²) in [6, 6.07) is 7.69. The lowest BCUT2D eigenvalue weighted by Crippen LogP contribution is -2.32. The van der Waals surface area contributed by atoms with Crippen molar-refractivity contribution in [3.8, 4) is 6.07 Å². The van der Waals surface area contributed by atoms with Gasteiger partial charge >= 0.3 is 0 Å². The number of aromatic nitrogens is 1. The zero-order chi connectivity index (χ0) is 22.9. The first-order valence-electron chi connectivity index (χ1n) is 10.6. The second-order valence-corrected chi connectivity index (χ2v) is 8.50. The van der Waals surface area contributed by atoms with Crippen LogP contribution in [0.1, 0.15) is 24.8 Å². The molecule has 1 aliphatic rings. The zero-order valence-corrected chi connectivity index (χ0v) is 19.6. The highest BCUT2D eigenvalue weighted by molar-refractivity contribution is 9.10. The Morgan fingerprint density at radius 3 is 2.97 bits per heavy atom. The minimum absolute atomic E-state index is 0.000775. The van der Waals surface area contributed by atoms with Crippen molar-refractivity contribution >= 4 is 44.7 Å². The molecule has 9 heteroatoms. The summed E-state index contributed by atoms with van der Waals surface area (Å²) in [5, 5.41) is 16.1. The molecule has 2 heterocycles. The summed E-state index contributed by atoms with van der Waals surface area (Å²) >= 11 is 3.47. The van der Waals surface area contributed by atoms with E-state index in [4.69, 9.17) is 9.47 Å². The lowest BCUT2D eigenvalue weighted by Gasteiger charge is -2.10. The minimum Gasteiger partial charge on any atom is -0.385 e. The van der Waals surface area contributed by atoms with Gasteiger partial charge in [0.1, 0.15) is 18.2 Å². The van der Waals surface area contributed by atoms with Crippen LogP contribution in [0.3, 0.4) is 0 Å². The number of carbonyl (C=O) groups excluding carboxylic acids is 2. The maximum Gasteiger partial charge on any atom is 0.262 e. The molecule has 0 saturated carbocycles. The van der Waals surface area contributed by atoms with Gasteiger partial charge in [0, 0.05) is 60.5 Å². The maximum absolute atomic E-state index is 12.5. The van der Waals surface area contributed by atoms with E-state index in [1.165, 1.54) is 0 Å². The fourth-order valence-electron chi connectivity index (χ4n) is 3.61. The molecule has 170 valence electrons. The van der Waals surface area contributed by atoms with Crippen molar-refractivity contribution in [1.82, 2.24) is 15.2 Å². The molecular formula is C23H27BrN4O4. The van der Waals surface area contributed by atoms with E-state index in [0.717, 1.165) is 34.6 Å². The Kier molecular flexibility index (Phi) is 8.85. The van der Waals surface area contributed by atoms with Crippen LogP contribution in [0.2, 0.25) is 0 Å². The minimum atomic E-state index is -0.435. The first-order valence-corrected chi connectivity index (χ1v) is 11.4. The molecule has 2 N–H and O–H groups in total. The molecule has 1 aromatic carbocycles. The molecule has 8 nitrogen and oxygen atoms in total. The van der Waals surface area contributed by atoms with E-state index in [-0.39, 0.29) is 24.1 Å². The molecule has 1 fully saturated rings. The van der Waals surface area contributed by atoms with Gasteiger partial charge in [-0.1, -0.05) is 15.9 Å². The van der Waals surface area contributed by atoms with E-state index in [9.17, 15) is 14.9 Å². The molecule has 1 aromatic heterocycles. The van der Waals surface area contributed by atoms with Gasteiger partial charge in [-0.2, -0.15) is 5.26 Å². The van der Waals surface area contributed by atoms with Crippen molar-refractivity contribution in [3.63, 3.8) is 0 Å². The van der Waals surface area contributed by atoms with Crippen LogP contribution in [-0.2, 0) is 25.6 Å². The number of nitrogens with one attached hydrogen (secondary N) is 2. The molecule has 2 amide bonds. The number of methoxy groups -OCH3 is 1. The summed E-state index contributed by atoms with van der Waals surface area (Å²) < 4.78 is 13.2. The van der Waals surface area contributed by atoms with Crippen molar-refractivity contribution < 1.29 is 19.1 Å². The Morgan fingerprint density at radius 1 is 1.41 bits per heavy atom. The highest BCUT2D eigenvalue weighted by Gasteiger charge is 2.18. The highest BCUT2D eigenvalue weighted by atomic mass is 79.9. The van der Waals surface area contributed by atoms with Crippen molar-refractivity contribution in [2.24, 2.45) is 0 Å². The van der Waals surface area contributed by atoms with Crippen LogP contribution in [0.25, 0.3) is 17.0 Å². The monoisotopic (exact) mass is 502 g/mol. The Bertz CT molecular complexity index is 1030. The molecule has 0 radical (unpaired) electrons. The van der Waals surface area contributed by atoms with Gasteiger partial charge in [-0.25, -0.2) is 0 Å². The van der Waals surface area contributed by atoms with Crippen LogP contribution >= 0.6 is 15.9 Å². The van der Waals surface area contributed by atoms with Crippen LogP contribution < -0.4 is 10.6 Å². The fourth-order valence-corrected chi connectivity index (χ4v) is 3.97. The number of carbonyl (C=O) groups is 2. The SMILES string of the molecule is COCCCNC(=O)Cn1cc(/C=C(\C#N)C(=O)NC[C@H]2CCCO2)c2cc(Br)ccc21. The summed E-state index contributed by atoms with van der Waals surface area (Å²) in [4.78, 5) is 24.9. The van der Waals surface area contributed by atoms with E-state index in [2.05, 4.69) is 26.6 Å². The number of halogens is 1. The average Bonchev–Trinajstić information content (AvgIpc) is 3.41. The number of ether oxygens (including phenoxy) is 2. The molecule has 1 aliphatic heterocycles. The molecule has 1 saturated heterocycles. The first kappa shape index (κ1) is 24.0. The topological polar surface area (TPSA) is 105 Å². The van der Waals surface area contributed by atoms with Gasteiger partial charge in [0.15, 0.2) is 0 Å². The number of benzene rings is 1. The largest absolute Gasteiger partial charge is 0.385 e. The number of nitrogens with zero attached hydrogens (tertiary/aromatic N) is 2. The summed E-state index contributed by atoms with van der Waals surface area (Å²) in [7, 11) is 1.62. The van der Waals surface area contributed by atoms with E-state index >= 15 is 0 Å². The second kappa shape index (κ2) is 11.8. The van der Waals surface area contributed by atoms with Crippen molar-refractivity contribution in [2.75, 3.05) is 33.4 Å². The maximum atomic E-state index is 12.5. The van der Waals surface area contributed by atoms with Crippen molar-refractivity contribution in [2.45, 2.75) is 31.9 Å². The molecule has 0 bridgehead atoms. The molecular weight excluding hydrogens is 476 g/mol. The molecule has 0 unspecified atom stereocenters. The number of hydrogen-bond acceptors (Lipinski definition) is 5. The van der Waals surface area contributed by atoms with E-state index in [0.29, 0.717) is 31.9 Å². The van der Waals surface area contributed by atoms with Gasteiger partial charge in [0.05, 0.1) is 6.10 Å². The van der Waals surface area contributed by atoms with Crippen molar-refractivity contribution in [1.29, 1.82) is 5.26 Å². The van der Waals surface area contributed by atoms with Gasteiger partial charge in [-0.15, -0.1) is 0 Å². The fraction of sp³-hybridized carbons (Fsp3) is 0.435. The van der Waals surface area contributed by atoms with E-state index < -0.39 is 5.91 Å². The predicted molar refractivity (Wildman–Crippen MR) is 125 cm³/mol. The molecule has 1 atom stereocenters. The Hall–Kier alpha value is -2.67. The van der Waals surface area contributed by atoms with Gasteiger partial charge in [-0.05, 0) is 43.5 Å². The lowest BCUT2D eigenvalue weighted by atomic mass is 10.1. The van der Waals surface area contributed by atoms with Gasteiger partial charge in [0.2, 0.25) is 5.91 Å². The normalized spacial score (nSPS) is 16.2. The molecule has 3 rings (SSSR count). The quantitative estimate of drug-likeness (QED) is 0.295. The first-order chi connectivity index (χ1) is 15.5. The number of hydrogen-bond donors (Lipinski definition) is 2. The van der Waals surface area contributed by atoms with Gasteiger partial charge in [-0.3, -0.25) is 9.59 Å². The Balaban J connectivity index is 1.78. The van der Waals surface area contributed by atoms with Crippen LogP contribution in [0, 0.1) is 11.3 Å². The number of amides is 2. The molecule has 0 aliphatic carbocycles. The second-order valence-electron chi connectivity index (χ2n) is 7.58. The molecule has 0 spiro atoms. The van der Waals surface area contributed by atoms with E-state index in [1.54, 1.807) is 19.4 Å². The van der Waals surface area contributed by atoms with E-state index in [1.807, 2.05) is 28.8 Å². The molecule has 2 aromatic rings. The Morgan fingerprint density at radius 2 is 2.25 bits per heavy atom. The van der Waals surface area contributed by atoms with Crippen LogP contribution in [-0.4, -0.2) is 55.9 Å². The zero-order valence-electron chi connectivity index (χ0n) is 18.0. The number of fused-ring (bicyclic) bond motifs is 1. The predicted octanol–water partition coefficient (Wildman–Crippen LogP) is 2.76. The summed E-state index contributed by atoms with van der Waals surface area (Å²) in [5.74, 6) is -0.555. The third-order valence-corrected chi connectivity index (χ3v) is 5.71. The van der Waals surface area contributed by atoms with Gasteiger partial charge in [0.25, 0.3) is 5.91 Å². The van der Waals surface area contributed by atoms with Crippen LogP contribution in [0.4, 0.5) is 0 Å². The Labute approximate surface area is 195 Å². The van der Waals surface area contributed by atoms with Crippen LogP contribution in [0.5, 0.6) is 0 Å². The van der Waals surface area contributed by atoms with Gasteiger partial charge < -0.3 is 24.7 Å². The third kappa shape index (κ3) is 6.42. The highest BCUT2D eigenvalue weighted by Crippen LogP contribution is 2.27. The number of rotatable bonds is 10. The molecule has 32 heavy (non-hydrogen) atoms. The standard InChI is InChI=1S/C23H27BrN4O4/c1-31-8-3-7-26-22(29)15-28-14-17(20-11-18(24)5-6-21(20)28)10-16(12-25)23(30)27-13-19-4-2-9-32-19/h5-6,10-11,14,19H,2-4,7-9,13,15H2,1H3,(H,26,29)(H,27,30)/b16-10+/t19-/m1/s1. The summed E-state index contributed by atoms with van der Waals surface area (Å²) in [6.07, 6.45) is 5.97. The van der Waals surface area contributed by atoms with Crippen LogP contribution in [0.15, 0.2) is 34.4 Å².